The smallest absolute Gasteiger partial charge is 0.186 e. The van der Waals surface area contributed by atoms with E-state index in [0.29, 0.717) is 17.9 Å². The highest BCUT2D eigenvalue weighted by Crippen LogP contribution is 2.28. The minimum atomic E-state index is 0.423. The van der Waals surface area contributed by atoms with Crippen molar-refractivity contribution in [2.24, 2.45) is 16.8 Å². The van der Waals surface area contributed by atoms with Crippen LogP contribution < -0.4 is 0 Å². The lowest BCUT2D eigenvalue weighted by molar-refractivity contribution is 0.265. The third-order valence-electron chi connectivity index (χ3n) is 3.42. The Bertz CT molecular complexity index is 216. The highest BCUT2D eigenvalue weighted by atomic mass is 16.5. The number of ether oxygens (including phenoxy) is 1. The van der Waals surface area contributed by atoms with E-state index in [2.05, 4.69) is 13.8 Å². The third-order valence-corrected chi connectivity index (χ3v) is 3.42. The molecule has 0 aromatic rings. The van der Waals surface area contributed by atoms with Crippen molar-refractivity contribution < 1.29 is 4.74 Å². The molecular weight excluding hydrogens is 174 g/mol. The fourth-order valence-electron chi connectivity index (χ4n) is 2.32. The normalized spacial score (nSPS) is 29.1. The molecule has 0 saturated heterocycles. The fraction of sp³-hybridized carbons (Fsp3) is 0.917. The molecular formula is C12H21NO. The van der Waals surface area contributed by atoms with Crippen LogP contribution in [0.4, 0.5) is 0 Å². The first kappa shape index (κ1) is 10.0. The van der Waals surface area contributed by atoms with Gasteiger partial charge in [0.05, 0.1) is 6.04 Å². The Balaban J connectivity index is 1.94. The van der Waals surface area contributed by atoms with Crippen molar-refractivity contribution in [2.75, 3.05) is 6.61 Å². The van der Waals surface area contributed by atoms with Crippen LogP contribution in [0.1, 0.15) is 46.0 Å². The average molecular weight is 195 g/mol. The van der Waals surface area contributed by atoms with E-state index in [0.717, 1.165) is 12.5 Å². The molecule has 1 atom stereocenters. The molecule has 0 N–H and O–H groups in total. The van der Waals surface area contributed by atoms with Gasteiger partial charge in [0.2, 0.25) is 0 Å². The summed E-state index contributed by atoms with van der Waals surface area (Å²) in [5.41, 5.74) is 0. The van der Waals surface area contributed by atoms with Crippen LogP contribution in [0.2, 0.25) is 0 Å². The van der Waals surface area contributed by atoms with Crippen molar-refractivity contribution in [3.8, 4) is 0 Å². The van der Waals surface area contributed by atoms with Gasteiger partial charge >= 0.3 is 0 Å². The van der Waals surface area contributed by atoms with Gasteiger partial charge in [-0.15, -0.1) is 0 Å². The summed E-state index contributed by atoms with van der Waals surface area (Å²) in [6.45, 7) is 5.27. The lowest BCUT2D eigenvalue weighted by atomic mass is 9.89. The van der Waals surface area contributed by atoms with Gasteiger partial charge in [-0.1, -0.05) is 33.1 Å². The first-order valence-electron chi connectivity index (χ1n) is 5.98. The molecule has 1 aliphatic heterocycles. The van der Waals surface area contributed by atoms with Crippen LogP contribution in [0.5, 0.6) is 0 Å². The molecule has 1 fully saturated rings. The summed E-state index contributed by atoms with van der Waals surface area (Å²) < 4.78 is 5.72. The Morgan fingerprint density at radius 1 is 1.21 bits per heavy atom. The monoisotopic (exact) mass is 195 g/mol. The van der Waals surface area contributed by atoms with Crippen molar-refractivity contribution in [1.29, 1.82) is 0 Å². The summed E-state index contributed by atoms with van der Waals surface area (Å²) in [5.74, 6) is 2.34. The molecule has 0 aromatic heterocycles. The van der Waals surface area contributed by atoms with Gasteiger partial charge in [0.1, 0.15) is 6.61 Å². The Hall–Kier alpha value is -0.530. The molecule has 2 rings (SSSR count). The van der Waals surface area contributed by atoms with Gasteiger partial charge in [0.15, 0.2) is 5.90 Å². The highest BCUT2D eigenvalue weighted by molar-refractivity contribution is 5.80. The molecule has 1 aliphatic carbocycles. The standard InChI is InChI=1S/C12H21NO/c1-9(2)11-8-14-12(13-11)10-6-4-3-5-7-10/h9-11H,3-8H2,1-2H3/t11-/m0/s1. The van der Waals surface area contributed by atoms with Crippen molar-refractivity contribution in [3.63, 3.8) is 0 Å². The molecule has 0 bridgehead atoms. The average Bonchev–Trinajstić information content (AvgIpc) is 2.68. The highest BCUT2D eigenvalue weighted by Gasteiger charge is 2.28. The zero-order valence-electron chi connectivity index (χ0n) is 9.33. The fourth-order valence-corrected chi connectivity index (χ4v) is 2.32. The maximum absolute atomic E-state index is 5.72. The maximum Gasteiger partial charge on any atom is 0.186 e. The molecule has 1 heterocycles. The number of hydrogen-bond acceptors (Lipinski definition) is 2. The Morgan fingerprint density at radius 2 is 1.93 bits per heavy atom. The van der Waals surface area contributed by atoms with E-state index < -0.39 is 0 Å². The second-order valence-corrected chi connectivity index (χ2v) is 4.92. The number of hydrogen-bond donors (Lipinski definition) is 0. The van der Waals surface area contributed by atoms with Crippen molar-refractivity contribution in [1.82, 2.24) is 0 Å². The van der Waals surface area contributed by atoms with Crippen LogP contribution in [0.15, 0.2) is 4.99 Å². The molecule has 1 saturated carbocycles. The van der Waals surface area contributed by atoms with E-state index in [4.69, 9.17) is 9.73 Å². The largest absolute Gasteiger partial charge is 0.478 e. The Morgan fingerprint density at radius 3 is 2.50 bits per heavy atom. The molecule has 80 valence electrons. The summed E-state index contributed by atoms with van der Waals surface area (Å²) in [6, 6.07) is 0.423. The topological polar surface area (TPSA) is 21.6 Å². The summed E-state index contributed by atoms with van der Waals surface area (Å²) in [4.78, 5) is 4.71. The van der Waals surface area contributed by atoms with E-state index in [1.165, 1.54) is 32.1 Å². The molecule has 2 heteroatoms. The van der Waals surface area contributed by atoms with E-state index >= 15 is 0 Å². The first-order valence-corrected chi connectivity index (χ1v) is 5.98. The second kappa shape index (κ2) is 4.33. The minimum Gasteiger partial charge on any atom is -0.478 e. The van der Waals surface area contributed by atoms with E-state index in [1.54, 1.807) is 0 Å². The van der Waals surface area contributed by atoms with Crippen LogP contribution in [0.25, 0.3) is 0 Å². The Kier molecular flexibility index (Phi) is 3.09. The molecule has 0 aromatic carbocycles. The predicted molar refractivity (Wildman–Crippen MR) is 58.6 cm³/mol. The second-order valence-electron chi connectivity index (χ2n) is 4.92. The zero-order valence-corrected chi connectivity index (χ0v) is 9.33. The molecule has 0 radical (unpaired) electrons. The molecule has 0 amide bonds. The summed E-state index contributed by atoms with van der Waals surface area (Å²) in [6.07, 6.45) is 6.71. The number of rotatable bonds is 2. The van der Waals surface area contributed by atoms with Crippen LogP contribution in [0, 0.1) is 11.8 Å². The van der Waals surface area contributed by atoms with Gasteiger partial charge in [-0.2, -0.15) is 0 Å². The lowest BCUT2D eigenvalue weighted by Gasteiger charge is -2.20. The maximum atomic E-state index is 5.72. The first-order chi connectivity index (χ1) is 6.77. The molecule has 2 nitrogen and oxygen atoms in total. The molecule has 0 spiro atoms. The molecule has 0 unspecified atom stereocenters. The van der Waals surface area contributed by atoms with Gasteiger partial charge in [-0.3, -0.25) is 0 Å². The van der Waals surface area contributed by atoms with Crippen molar-refractivity contribution >= 4 is 5.90 Å². The van der Waals surface area contributed by atoms with Crippen LogP contribution >= 0.6 is 0 Å². The van der Waals surface area contributed by atoms with Gasteiger partial charge < -0.3 is 4.74 Å². The van der Waals surface area contributed by atoms with Gasteiger partial charge in [0.25, 0.3) is 0 Å². The van der Waals surface area contributed by atoms with Crippen molar-refractivity contribution in [2.45, 2.75) is 52.0 Å². The van der Waals surface area contributed by atoms with Crippen LogP contribution in [-0.2, 0) is 4.74 Å². The molecule has 14 heavy (non-hydrogen) atoms. The van der Waals surface area contributed by atoms with Crippen molar-refractivity contribution in [3.05, 3.63) is 0 Å². The van der Waals surface area contributed by atoms with Crippen LogP contribution in [-0.4, -0.2) is 18.5 Å². The summed E-state index contributed by atoms with van der Waals surface area (Å²) in [5, 5.41) is 0. The predicted octanol–water partition coefficient (Wildman–Crippen LogP) is 3.02. The quantitative estimate of drug-likeness (QED) is 0.663. The van der Waals surface area contributed by atoms with E-state index in [9.17, 15) is 0 Å². The SMILES string of the molecule is CC(C)[C@@H]1COC(C2CCCCC2)=N1. The lowest BCUT2D eigenvalue weighted by Crippen LogP contribution is -2.17. The van der Waals surface area contributed by atoms with Crippen LogP contribution in [0.3, 0.4) is 0 Å². The van der Waals surface area contributed by atoms with Gasteiger partial charge in [-0.25, -0.2) is 4.99 Å². The van der Waals surface area contributed by atoms with Gasteiger partial charge in [0, 0.05) is 5.92 Å². The van der Waals surface area contributed by atoms with E-state index in [-0.39, 0.29) is 0 Å². The Labute approximate surface area is 86.8 Å². The zero-order chi connectivity index (χ0) is 9.97. The minimum absolute atomic E-state index is 0.423. The summed E-state index contributed by atoms with van der Waals surface area (Å²) in [7, 11) is 0. The van der Waals surface area contributed by atoms with Gasteiger partial charge in [-0.05, 0) is 18.8 Å². The van der Waals surface area contributed by atoms with E-state index in [1.807, 2.05) is 0 Å². The third kappa shape index (κ3) is 2.10. The number of nitrogens with zero attached hydrogens (tertiary/aromatic N) is 1. The number of aliphatic imine (C=N–C) groups is 1. The summed E-state index contributed by atoms with van der Waals surface area (Å²) >= 11 is 0. The molecule has 2 aliphatic rings.